The molecule has 0 unspecified atom stereocenters. The highest BCUT2D eigenvalue weighted by Crippen LogP contribution is 2.28. The molecule has 90 valence electrons. The fourth-order valence-electron chi connectivity index (χ4n) is 2.46. The lowest BCUT2D eigenvalue weighted by molar-refractivity contribution is 0.392. The summed E-state index contributed by atoms with van der Waals surface area (Å²) in [5.41, 5.74) is 0. The van der Waals surface area contributed by atoms with Crippen LogP contribution in [0.15, 0.2) is 0 Å². The quantitative estimate of drug-likeness (QED) is 0.622. The van der Waals surface area contributed by atoms with E-state index in [1.807, 2.05) is 0 Å². The topological polar surface area (TPSA) is 15.3 Å². The van der Waals surface area contributed by atoms with E-state index in [2.05, 4.69) is 24.3 Å². The van der Waals surface area contributed by atoms with Crippen molar-refractivity contribution in [1.29, 1.82) is 0 Å². The third-order valence-electron chi connectivity index (χ3n) is 3.40. The van der Waals surface area contributed by atoms with Crippen molar-refractivity contribution in [3.63, 3.8) is 0 Å². The van der Waals surface area contributed by atoms with Crippen LogP contribution in [0.2, 0.25) is 0 Å². The van der Waals surface area contributed by atoms with Crippen molar-refractivity contribution < 1.29 is 0 Å². The summed E-state index contributed by atoms with van der Waals surface area (Å²) in [7, 11) is 4.28. The normalized spacial score (nSPS) is 17.8. The van der Waals surface area contributed by atoms with E-state index in [-0.39, 0.29) is 0 Å². The first-order valence-electron chi connectivity index (χ1n) is 6.64. The Kier molecular flexibility index (Phi) is 7.03. The lowest BCUT2D eigenvalue weighted by atomic mass is 10.0. The summed E-state index contributed by atoms with van der Waals surface area (Å²) in [6.07, 6.45) is 10.1. The molecule has 0 heterocycles. The van der Waals surface area contributed by atoms with Gasteiger partial charge in [0, 0.05) is 0 Å². The van der Waals surface area contributed by atoms with Crippen LogP contribution in [0.25, 0.3) is 0 Å². The van der Waals surface area contributed by atoms with Crippen LogP contribution in [0.1, 0.15) is 44.9 Å². The highest BCUT2D eigenvalue weighted by Gasteiger charge is 2.13. The van der Waals surface area contributed by atoms with E-state index in [0.29, 0.717) is 0 Å². The van der Waals surface area contributed by atoms with Gasteiger partial charge in [-0.15, -0.1) is 0 Å². The maximum atomic E-state index is 3.54. The molecule has 0 aliphatic heterocycles. The van der Waals surface area contributed by atoms with Crippen molar-refractivity contribution in [3.8, 4) is 0 Å². The van der Waals surface area contributed by atoms with Gasteiger partial charge in [0.05, 0.1) is 0 Å². The standard InChI is InChI=1S/C13H28N2/c1-15(2)12-6-11-14-10-5-9-13-7-3-4-8-13/h13-14H,3-12H2,1-2H3. The van der Waals surface area contributed by atoms with E-state index in [1.54, 1.807) is 0 Å². The van der Waals surface area contributed by atoms with E-state index in [4.69, 9.17) is 0 Å². The lowest BCUT2D eigenvalue weighted by Gasteiger charge is -2.11. The summed E-state index contributed by atoms with van der Waals surface area (Å²) in [5, 5.41) is 3.54. The van der Waals surface area contributed by atoms with Gasteiger partial charge in [-0.05, 0) is 58.9 Å². The summed E-state index contributed by atoms with van der Waals surface area (Å²) < 4.78 is 0. The fraction of sp³-hybridized carbons (Fsp3) is 1.00. The minimum Gasteiger partial charge on any atom is -0.317 e. The van der Waals surface area contributed by atoms with Gasteiger partial charge in [-0.25, -0.2) is 0 Å². The first-order chi connectivity index (χ1) is 7.29. The van der Waals surface area contributed by atoms with Crippen LogP contribution in [0, 0.1) is 5.92 Å². The summed E-state index contributed by atoms with van der Waals surface area (Å²) in [6.45, 7) is 3.61. The molecule has 0 saturated heterocycles. The monoisotopic (exact) mass is 212 g/mol. The second-order valence-electron chi connectivity index (χ2n) is 5.20. The van der Waals surface area contributed by atoms with Gasteiger partial charge in [0.1, 0.15) is 0 Å². The van der Waals surface area contributed by atoms with Gasteiger partial charge >= 0.3 is 0 Å². The van der Waals surface area contributed by atoms with Gasteiger partial charge in [0.15, 0.2) is 0 Å². The molecular formula is C13H28N2. The van der Waals surface area contributed by atoms with Crippen molar-refractivity contribution in [2.75, 3.05) is 33.7 Å². The maximum Gasteiger partial charge on any atom is -0.00127 e. The maximum absolute atomic E-state index is 3.54. The molecule has 1 N–H and O–H groups in total. The van der Waals surface area contributed by atoms with E-state index in [1.165, 1.54) is 64.6 Å². The predicted octanol–water partition coefficient (Wildman–Crippen LogP) is 2.50. The largest absolute Gasteiger partial charge is 0.317 e. The van der Waals surface area contributed by atoms with Gasteiger partial charge in [-0.2, -0.15) is 0 Å². The highest BCUT2D eigenvalue weighted by molar-refractivity contribution is 4.67. The molecule has 0 aromatic carbocycles. The summed E-state index contributed by atoms with van der Waals surface area (Å²) in [6, 6.07) is 0. The van der Waals surface area contributed by atoms with Crippen LogP contribution >= 0.6 is 0 Å². The third-order valence-corrected chi connectivity index (χ3v) is 3.40. The molecule has 0 aromatic rings. The molecular weight excluding hydrogens is 184 g/mol. The molecule has 0 radical (unpaired) electrons. The SMILES string of the molecule is CN(C)CCCNCCCC1CCCC1. The van der Waals surface area contributed by atoms with Gasteiger partial charge in [-0.1, -0.05) is 25.7 Å². The van der Waals surface area contributed by atoms with Crippen molar-refractivity contribution in [3.05, 3.63) is 0 Å². The molecule has 1 rings (SSSR count). The van der Waals surface area contributed by atoms with Crippen LogP contribution < -0.4 is 5.32 Å². The molecule has 1 aliphatic carbocycles. The molecule has 0 amide bonds. The highest BCUT2D eigenvalue weighted by atomic mass is 15.0. The number of nitrogens with zero attached hydrogens (tertiary/aromatic N) is 1. The van der Waals surface area contributed by atoms with Crippen molar-refractivity contribution in [2.24, 2.45) is 5.92 Å². The Bertz CT molecular complexity index is 139. The average molecular weight is 212 g/mol. The molecule has 2 nitrogen and oxygen atoms in total. The zero-order valence-corrected chi connectivity index (χ0v) is 10.6. The Morgan fingerprint density at radius 1 is 1.07 bits per heavy atom. The van der Waals surface area contributed by atoms with Crippen LogP contribution in [0.3, 0.4) is 0 Å². The number of nitrogens with one attached hydrogen (secondary N) is 1. The number of hydrogen-bond donors (Lipinski definition) is 1. The second kappa shape index (κ2) is 8.12. The van der Waals surface area contributed by atoms with Gasteiger partial charge < -0.3 is 10.2 Å². The summed E-state index contributed by atoms with van der Waals surface area (Å²) in [5.74, 6) is 1.06. The fourth-order valence-corrected chi connectivity index (χ4v) is 2.46. The van der Waals surface area contributed by atoms with E-state index >= 15 is 0 Å². The molecule has 1 saturated carbocycles. The van der Waals surface area contributed by atoms with Crippen molar-refractivity contribution in [1.82, 2.24) is 10.2 Å². The Hall–Kier alpha value is -0.0800. The zero-order valence-electron chi connectivity index (χ0n) is 10.6. The van der Waals surface area contributed by atoms with Gasteiger partial charge in [0.25, 0.3) is 0 Å². The van der Waals surface area contributed by atoms with Crippen molar-refractivity contribution in [2.45, 2.75) is 44.9 Å². The minimum absolute atomic E-state index is 1.06. The van der Waals surface area contributed by atoms with E-state index in [9.17, 15) is 0 Å². The Morgan fingerprint density at radius 2 is 1.73 bits per heavy atom. The molecule has 0 atom stereocenters. The van der Waals surface area contributed by atoms with Gasteiger partial charge in [0.2, 0.25) is 0 Å². The second-order valence-corrected chi connectivity index (χ2v) is 5.20. The molecule has 2 heteroatoms. The van der Waals surface area contributed by atoms with Crippen LogP contribution in [-0.4, -0.2) is 38.6 Å². The smallest absolute Gasteiger partial charge is 0.00127 e. The average Bonchev–Trinajstić information content (AvgIpc) is 2.68. The molecule has 15 heavy (non-hydrogen) atoms. The minimum atomic E-state index is 1.06. The van der Waals surface area contributed by atoms with Crippen LogP contribution in [0.5, 0.6) is 0 Å². The van der Waals surface area contributed by atoms with E-state index in [0.717, 1.165) is 5.92 Å². The molecule has 0 aromatic heterocycles. The Labute approximate surface area is 95.4 Å². The first-order valence-corrected chi connectivity index (χ1v) is 6.64. The summed E-state index contributed by atoms with van der Waals surface area (Å²) in [4.78, 5) is 2.25. The van der Waals surface area contributed by atoms with Gasteiger partial charge in [-0.3, -0.25) is 0 Å². The van der Waals surface area contributed by atoms with Crippen LogP contribution in [0.4, 0.5) is 0 Å². The zero-order chi connectivity index (χ0) is 10.9. The summed E-state index contributed by atoms with van der Waals surface area (Å²) >= 11 is 0. The molecule has 0 spiro atoms. The molecule has 1 aliphatic rings. The molecule has 1 fully saturated rings. The van der Waals surface area contributed by atoms with Crippen molar-refractivity contribution >= 4 is 0 Å². The molecule has 0 bridgehead atoms. The predicted molar refractivity (Wildman–Crippen MR) is 67.2 cm³/mol. The lowest BCUT2D eigenvalue weighted by Crippen LogP contribution is -2.22. The third kappa shape index (κ3) is 6.91. The Balaban J connectivity index is 1.76. The first kappa shape index (κ1) is 13.0. The Morgan fingerprint density at radius 3 is 2.40 bits per heavy atom. The number of hydrogen-bond acceptors (Lipinski definition) is 2. The number of rotatable bonds is 8. The van der Waals surface area contributed by atoms with Crippen LogP contribution in [-0.2, 0) is 0 Å². The van der Waals surface area contributed by atoms with E-state index < -0.39 is 0 Å².